The van der Waals surface area contributed by atoms with E-state index in [0.29, 0.717) is 32.2 Å². The Balaban J connectivity index is 2.09. The highest BCUT2D eigenvalue weighted by atomic mass is 79.9. The molecule has 0 saturated carbocycles. The van der Waals surface area contributed by atoms with E-state index in [2.05, 4.69) is 15.9 Å². The predicted molar refractivity (Wildman–Crippen MR) is 89.4 cm³/mol. The highest BCUT2D eigenvalue weighted by Gasteiger charge is 2.58. The minimum Gasteiger partial charge on any atom is -0.360 e. The molecule has 4 rings (SSSR count). The van der Waals surface area contributed by atoms with Gasteiger partial charge in [-0.15, -0.1) is 0 Å². The summed E-state index contributed by atoms with van der Waals surface area (Å²) in [4.78, 5) is 0. The normalized spacial score (nSPS) is 20.3. The van der Waals surface area contributed by atoms with Crippen LogP contribution in [0.2, 0.25) is 0 Å². The molecule has 1 N–H and O–H groups in total. The number of alkyl halides is 3. The first-order chi connectivity index (χ1) is 11.3. The average Bonchev–Trinajstić information content (AvgIpc) is 3.06. The molecule has 0 fully saturated rings. The number of halogens is 4. The Hall–Kier alpha value is -2.05. The van der Waals surface area contributed by atoms with Crippen LogP contribution in [0, 0.1) is 0 Å². The quantitative estimate of drug-likeness (QED) is 0.614. The standard InChI is InChI=1S/C18H11BrF3NO/c19-14-7-4-8-15-12(14)9-16-13(11-5-2-1-3-6-11)10-17(24,23(15)16)18(20,21)22/h1-10,24H. The molecule has 1 aliphatic rings. The van der Waals surface area contributed by atoms with Crippen LogP contribution in [0.1, 0.15) is 11.3 Å². The molecule has 1 aliphatic heterocycles. The molecule has 6 heteroatoms. The van der Waals surface area contributed by atoms with Crippen LogP contribution >= 0.6 is 15.9 Å². The van der Waals surface area contributed by atoms with Gasteiger partial charge in [-0.1, -0.05) is 52.3 Å². The van der Waals surface area contributed by atoms with E-state index < -0.39 is 11.9 Å². The molecule has 3 aromatic rings. The second-order valence-electron chi connectivity index (χ2n) is 5.69. The molecule has 2 aromatic carbocycles. The summed E-state index contributed by atoms with van der Waals surface area (Å²) in [5, 5.41) is 11.2. The molecule has 122 valence electrons. The van der Waals surface area contributed by atoms with Crippen molar-refractivity contribution >= 4 is 32.4 Å². The molecule has 0 saturated heterocycles. The van der Waals surface area contributed by atoms with Gasteiger partial charge in [-0.2, -0.15) is 13.2 Å². The van der Waals surface area contributed by atoms with Gasteiger partial charge in [-0.25, -0.2) is 0 Å². The first kappa shape index (κ1) is 15.5. The lowest BCUT2D eigenvalue weighted by atomic mass is 10.0. The van der Waals surface area contributed by atoms with Gasteiger partial charge in [0, 0.05) is 15.4 Å². The van der Waals surface area contributed by atoms with Crippen molar-refractivity contribution in [3.63, 3.8) is 0 Å². The van der Waals surface area contributed by atoms with Crippen molar-refractivity contribution in [3.8, 4) is 0 Å². The van der Waals surface area contributed by atoms with Gasteiger partial charge in [-0.05, 0) is 29.8 Å². The summed E-state index contributed by atoms with van der Waals surface area (Å²) in [7, 11) is 0. The topological polar surface area (TPSA) is 25.2 Å². The lowest BCUT2D eigenvalue weighted by Gasteiger charge is -2.27. The molecular formula is C18H11BrF3NO. The second kappa shape index (κ2) is 4.97. The van der Waals surface area contributed by atoms with E-state index in [1.54, 1.807) is 54.6 Å². The molecule has 0 bridgehead atoms. The van der Waals surface area contributed by atoms with Crippen molar-refractivity contribution in [2.24, 2.45) is 0 Å². The number of hydrogen-bond donors (Lipinski definition) is 1. The third-order valence-electron chi connectivity index (χ3n) is 4.26. The summed E-state index contributed by atoms with van der Waals surface area (Å²) in [5.74, 6) is 0. The first-order valence-electron chi connectivity index (χ1n) is 7.21. The van der Waals surface area contributed by atoms with Gasteiger partial charge in [0.25, 0.3) is 5.72 Å². The van der Waals surface area contributed by atoms with Gasteiger partial charge in [0.2, 0.25) is 0 Å². The van der Waals surface area contributed by atoms with Crippen molar-refractivity contribution in [3.05, 3.63) is 76.4 Å². The molecule has 24 heavy (non-hydrogen) atoms. The van der Waals surface area contributed by atoms with Gasteiger partial charge < -0.3 is 9.67 Å². The molecular weight excluding hydrogens is 383 g/mol. The average molecular weight is 394 g/mol. The predicted octanol–water partition coefficient (Wildman–Crippen LogP) is 5.06. The SMILES string of the molecule is OC1(C(F)(F)F)C=C(c2ccccc2)c2cc3c(Br)cccc3n21. The largest absolute Gasteiger partial charge is 0.441 e. The molecule has 1 atom stereocenters. The lowest BCUT2D eigenvalue weighted by Crippen LogP contribution is -2.44. The van der Waals surface area contributed by atoms with Crippen molar-refractivity contribution in [2.45, 2.75) is 11.9 Å². The van der Waals surface area contributed by atoms with Crippen molar-refractivity contribution in [1.82, 2.24) is 4.57 Å². The van der Waals surface area contributed by atoms with Crippen LogP contribution in [0.15, 0.2) is 65.1 Å². The molecule has 2 heterocycles. The summed E-state index contributed by atoms with van der Waals surface area (Å²) >= 11 is 3.37. The van der Waals surface area contributed by atoms with E-state index in [9.17, 15) is 18.3 Å². The van der Waals surface area contributed by atoms with Crippen LogP contribution in [0.5, 0.6) is 0 Å². The molecule has 1 unspecified atom stereocenters. The van der Waals surface area contributed by atoms with Crippen molar-refractivity contribution < 1.29 is 18.3 Å². The van der Waals surface area contributed by atoms with E-state index in [4.69, 9.17) is 0 Å². The fraction of sp³-hybridized carbons (Fsp3) is 0.111. The number of benzene rings is 2. The van der Waals surface area contributed by atoms with Crippen LogP contribution in [0.4, 0.5) is 13.2 Å². The second-order valence-corrected chi connectivity index (χ2v) is 6.54. The summed E-state index contributed by atoms with van der Waals surface area (Å²) in [5.41, 5.74) is -1.43. The summed E-state index contributed by atoms with van der Waals surface area (Å²) in [6.45, 7) is 0. The number of aliphatic hydroxyl groups is 1. The highest BCUT2D eigenvalue weighted by Crippen LogP contribution is 2.49. The maximum Gasteiger partial charge on any atom is 0.441 e. The van der Waals surface area contributed by atoms with E-state index in [1.807, 2.05) is 0 Å². The third-order valence-corrected chi connectivity index (χ3v) is 4.95. The number of rotatable bonds is 1. The van der Waals surface area contributed by atoms with E-state index in [-0.39, 0.29) is 0 Å². The van der Waals surface area contributed by atoms with Crippen LogP contribution in [0.25, 0.3) is 16.5 Å². The zero-order valence-corrected chi connectivity index (χ0v) is 13.8. The smallest absolute Gasteiger partial charge is 0.360 e. The van der Waals surface area contributed by atoms with Crippen LogP contribution < -0.4 is 0 Å². The minimum absolute atomic E-state index is 0.321. The van der Waals surface area contributed by atoms with Crippen LogP contribution in [-0.2, 0) is 5.72 Å². The fourth-order valence-electron chi connectivity index (χ4n) is 3.16. The molecule has 2 nitrogen and oxygen atoms in total. The van der Waals surface area contributed by atoms with Crippen LogP contribution in [-0.4, -0.2) is 15.8 Å². The van der Waals surface area contributed by atoms with E-state index in [1.165, 1.54) is 0 Å². The van der Waals surface area contributed by atoms with E-state index >= 15 is 0 Å². The fourth-order valence-corrected chi connectivity index (χ4v) is 3.63. The zero-order chi connectivity index (χ0) is 17.1. The number of hydrogen-bond acceptors (Lipinski definition) is 1. The monoisotopic (exact) mass is 393 g/mol. The molecule has 0 aliphatic carbocycles. The maximum absolute atomic E-state index is 13.7. The Morgan fingerprint density at radius 3 is 2.38 bits per heavy atom. The molecule has 0 amide bonds. The summed E-state index contributed by atoms with van der Waals surface area (Å²) in [6, 6.07) is 15.4. The summed E-state index contributed by atoms with van der Waals surface area (Å²) in [6.07, 6.45) is -3.95. The molecule has 0 spiro atoms. The van der Waals surface area contributed by atoms with Crippen molar-refractivity contribution in [1.29, 1.82) is 0 Å². The first-order valence-corrected chi connectivity index (χ1v) is 8.00. The number of fused-ring (bicyclic) bond motifs is 3. The Kier molecular flexibility index (Phi) is 3.21. The van der Waals surface area contributed by atoms with Gasteiger partial charge in [0.15, 0.2) is 0 Å². The minimum atomic E-state index is -4.84. The Morgan fingerprint density at radius 1 is 1.00 bits per heavy atom. The van der Waals surface area contributed by atoms with Gasteiger partial charge in [-0.3, -0.25) is 0 Å². The Bertz CT molecular complexity index is 975. The van der Waals surface area contributed by atoms with Crippen LogP contribution in [0.3, 0.4) is 0 Å². The highest BCUT2D eigenvalue weighted by molar-refractivity contribution is 9.10. The Labute approximate surface area is 144 Å². The number of aromatic nitrogens is 1. The summed E-state index contributed by atoms with van der Waals surface area (Å²) < 4.78 is 42.7. The Morgan fingerprint density at radius 2 is 1.71 bits per heavy atom. The van der Waals surface area contributed by atoms with Gasteiger partial charge in [0.1, 0.15) is 0 Å². The van der Waals surface area contributed by atoms with Gasteiger partial charge >= 0.3 is 6.18 Å². The lowest BCUT2D eigenvalue weighted by molar-refractivity contribution is -0.272. The number of nitrogens with zero attached hydrogens (tertiary/aromatic N) is 1. The zero-order valence-electron chi connectivity index (χ0n) is 12.2. The van der Waals surface area contributed by atoms with Crippen molar-refractivity contribution in [2.75, 3.05) is 0 Å². The van der Waals surface area contributed by atoms with Gasteiger partial charge in [0.05, 0.1) is 11.2 Å². The van der Waals surface area contributed by atoms with E-state index in [0.717, 1.165) is 10.6 Å². The third kappa shape index (κ3) is 1.99. The molecule has 0 radical (unpaired) electrons. The molecule has 1 aromatic heterocycles. The maximum atomic E-state index is 13.7.